The highest BCUT2D eigenvalue weighted by atomic mass is 31.1. The van der Waals surface area contributed by atoms with Crippen LogP contribution in [0.4, 0.5) is 0 Å². The minimum atomic E-state index is -1.78. The number of hydrogen-bond donors (Lipinski definition) is 0. The quantitative estimate of drug-likeness (QED) is 0.0465. The number of carbonyl (C=O) groups is 4. The number of carbonyl (C=O) groups excluding carboxylic acids is 4. The van der Waals surface area contributed by atoms with Crippen LogP contribution in [0.3, 0.4) is 0 Å². The van der Waals surface area contributed by atoms with E-state index in [2.05, 4.69) is 13.8 Å². The van der Waals surface area contributed by atoms with Crippen LogP contribution in [0.25, 0.3) is 0 Å². The first-order chi connectivity index (χ1) is 25.9. The molecule has 2 aliphatic rings. The molecule has 8 heteroatoms. The molecule has 2 saturated heterocycles. The van der Waals surface area contributed by atoms with E-state index in [0.717, 1.165) is 25.7 Å². The number of unbranched alkanes of at least 4 members (excludes halogenated alkanes) is 30. The van der Waals surface area contributed by atoms with Gasteiger partial charge >= 0.3 is 0 Å². The second-order valence-corrected chi connectivity index (χ2v) is 20.3. The lowest BCUT2D eigenvalue weighted by atomic mass is 9.76. The van der Waals surface area contributed by atoms with Crippen molar-refractivity contribution in [1.29, 1.82) is 0 Å². The molecule has 0 aromatic rings. The van der Waals surface area contributed by atoms with Crippen LogP contribution < -0.4 is 0 Å². The molecule has 0 aromatic heterocycles. The molecule has 0 aliphatic carbocycles. The summed E-state index contributed by atoms with van der Waals surface area (Å²) >= 11 is 0. The smallest absolute Gasteiger partial charge is 0.189 e. The fourth-order valence-corrected chi connectivity index (χ4v) is 11.8. The molecule has 0 unspecified atom stereocenters. The maximum absolute atomic E-state index is 13.1. The highest BCUT2D eigenvalue weighted by Crippen LogP contribution is 2.60. The van der Waals surface area contributed by atoms with Gasteiger partial charge in [0.25, 0.3) is 0 Å². The SMILES string of the molecule is CCCCCCCCCCCCCCCCCCOP1C(=O)CC2(CC1=O)CC(=O)P(OCCCCCCCCCCCCCCCCCC)C(=O)C2. The Morgan fingerprint density at radius 1 is 0.340 bits per heavy atom. The third kappa shape index (κ3) is 23.3. The number of rotatable bonds is 36. The lowest BCUT2D eigenvalue weighted by Crippen LogP contribution is -2.39. The van der Waals surface area contributed by atoms with E-state index in [-0.39, 0.29) is 47.8 Å². The molecule has 0 bridgehead atoms. The van der Waals surface area contributed by atoms with Crippen LogP contribution in [0.5, 0.6) is 0 Å². The first-order valence-corrected chi connectivity index (χ1v) is 25.4. The van der Waals surface area contributed by atoms with Crippen molar-refractivity contribution in [3.8, 4) is 0 Å². The minimum Gasteiger partial charge on any atom is -0.345 e. The summed E-state index contributed by atoms with van der Waals surface area (Å²) in [5.74, 6) is 0. The van der Waals surface area contributed by atoms with Gasteiger partial charge in [-0.1, -0.05) is 206 Å². The highest BCUT2D eigenvalue weighted by molar-refractivity contribution is 7.86. The van der Waals surface area contributed by atoms with Crippen molar-refractivity contribution < 1.29 is 28.2 Å². The summed E-state index contributed by atoms with van der Waals surface area (Å²) in [6, 6.07) is 0. The molecule has 53 heavy (non-hydrogen) atoms. The molecule has 0 aromatic carbocycles. The van der Waals surface area contributed by atoms with Gasteiger partial charge < -0.3 is 9.05 Å². The maximum atomic E-state index is 13.1. The molecular formula is C45H82O6P2. The molecule has 1 spiro atoms. The van der Waals surface area contributed by atoms with Crippen molar-refractivity contribution in [3.63, 3.8) is 0 Å². The molecular weight excluding hydrogens is 698 g/mol. The van der Waals surface area contributed by atoms with Gasteiger partial charge in [-0.15, -0.1) is 0 Å². The van der Waals surface area contributed by atoms with Crippen molar-refractivity contribution in [2.24, 2.45) is 5.41 Å². The van der Waals surface area contributed by atoms with E-state index in [1.54, 1.807) is 0 Å². The maximum Gasteiger partial charge on any atom is 0.189 e. The second kappa shape index (κ2) is 32.5. The van der Waals surface area contributed by atoms with E-state index in [4.69, 9.17) is 9.05 Å². The molecule has 2 heterocycles. The van der Waals surface area contributed by atoms with E-state index in [1.165, 1.54) is 180 Å². The van der Waals surface area contributed by atoms with Crippen molar-refractivity contribution >= 4 is 38.4 Å². The van der Waals surface area contributed by atoms with Crippen LogP contribution in [0, 0.1) is 5.41 Å². The van der Waals surface area contributed by atoms with Gasteiger partial charge in [0.15, 0.2) is 38.4 Å². The molecule has 2 rings (SSSR count). The largest absolute Gasteiger partial charge is 0.345 e. The van der Waals surface area contributed by atoms with Gasteiger partial charge in [0.2, 0.25) is 0 Å². The summed E-state index contributed by atoms with van der Waals surface area (Å²) in [6.07, 6.45) is 41.9. The molecule has 308 valence electrons. The zero-order valence-electron chi connectivity index (χ0n) is 34.7. The Kier molecular flexibility index (Phi) is 29.8. The molecule has 6 nitrogen and oxygen atoms in total. The average molecular weight is 781 g/mol. The van der Waals surface area contributed by atoms with Gasteiger partial charge in [0.1, 0.15) is 0 Å². The normalized spacial score (nSPS) is 20.6. The van der Waals surface area contributed by atoms with Crippen LogP contribution in [0.15, 0.2) is 0 Å². The first kappa shape index (κ1) is 48.6. The lowest BCUT2D eigenvalue weighted by molar-refractivity contribution is -0.127. The van der Waals surface area contributed by atoms with E-state index in [9.17, 15) is 19.2 Å². The van der Waals surface area contributed by atoms with Gasteiger partial charge in [-0.2, -0.15) is 0 Å². The molecule has 2 aliphatic heterocycles. The predicted octanol–water partition coefficient (Wildman–Crippen LogP) is 15.0. The standard InChI is InChI=1S/C45H82O6P2/c1-3-5-7-9-11-13-15-17-19-21-23-25-27-29-31-33-35-50-52-41(46)37-45(38-42(52)47)39-43(48)53(44(49)40-45)51-36-34-32-30-28-26-24-22-20-18-16-14-12-10-8-6-4-2/h3-40H2,1-2H3. The third-order valence-electron chi connectivity index (χ3n) is 11.4. The lowest BCUT2D eigenvalue weighted by Gasteiger charge is -2.40. The second-order valence-electron chi connectivity index (χ2n) is 16.6. The van der Waals surface area contributed by atoms with Crippen molar-refractivity contribution in [3.05, 3.63) is 0 Å². The Balaban J connectivity index is 1.44. The van der Waals surface area contributed by atoms with Crippen molar-refractivity contribution in [2.45, 2.75) is 245 Å². The molecule has 0 atom stereocenters. The van der Waals surface area contributed by atoms with Gasteiger partial charge in [0.05, 0.1) is 13.2 Å². The molecule has 0 N–H and O–H groups in total. The van der Waals surface area contributed by atoms with Gasteiger partial charge in [0, 0.05) is 25.7 Å². The fourth-order valence-electron chi connectivity index (χ4n) is 8.12. The zero-order valence-corrected chi connectivity index (χ0v) is 36.5. The topological polar surface area (TPSA) is 86.7 Å². The van der Waals surface area contributed by atoms with Crippen LogP contribution >= 0.6 is 16.3 Å². The predicted molar refractivity (Wildman–Crippen MR) is 226 cm³/mol. The van der Waals surface area contributed by atoms with Crippen LogP contribution in [0.1, 0.15) is 245 Å². The van der Waals surface area contributed by atoms with Crippen LogP contribution in [-0.4, -0.2) is 35.3 Å². The fraction of sp³-hybridized carbons (Fsp3) is 0.911. The number of hydrogen-bond acceptors (Lipinski definition) is 6. The Bertz CT molecular complexity index is 855. The van der Waals surface area contributed by atoms with E-state index < -0.39 is 21.7 Å². The monoisotopic (exact) mass is 781 g/mol. The Morgan fingerprint density at radius 3 is 0.736 bits per heavy atom. The average Bonchev–Trinajstić information content (AvgIpc) is 3.12. The van der Waals surface area contributed by atoms with Gasteiger partial charge in [-0.25, -0.2) is 0 Å². The molecule has 2 fully saturated rings. The summed E-state index contributed by atoms with van der Waals surface area (Å²) in [5.41, 5.74) is -1.65. The van der Waals surface area contributed by atoms with Crippen LogP contribution in [-0.2, 0) is 28.2 Å². The summed E-state index contributed by atoms with van der Waals surface area (Å²) in [5, 5.41) is 0. The molecule has 0 amide bonds. The molecule has 0 radical (unpaired) electrons. The zero-order chi connectivity index (χ0) is 38.2. The summed E-state index contributed by atoms with van der Waals surface area (Å²) in [4.78, 5) is 52.2. The van der Waals surface area contributed by atoms with E-state index in [0.29, 0.717) is 13.2 Å². The van der Waals surface area contributed by atoms with Crippen molar-refractivity contribution in [2.75, 3.05) is 13.2 Å². The van der Waals surface area contributed by atoms with Crippen LogP contribution in [0.2, 0.25) is 0 Å². The first-order valence-electron chi connectivity index (χ1n) is 22.9. The summed E-state index contributed by atoms with van der Waals surface area (Å²) in [6.45, 7) is 5.42. The highest BCUT2D eigenvalue weighted by Gasteiger charge is 2.53. The third-order valence-corrected chi connectivity index (χ3v) is 14.8. The van der Waals surface area contributed by atoms with Gasteiger partial charge in [-0.05, 0) is 18.3 Å². The van der Waals surface area contributed by atoms with E-state index >= 15 is 0 Å². The minimum absolute atomic E-state index is 0.100. The molecule has 0 saturated carbocycles. The van der Waals surface area contributed by atoms with Crippen molar-refractivity contribution in [1.82, 2.24) is 0 Å². The Labute approximate surface area is 329 Å². The van der Waals surface area contributed by atoms with E-state index in [1.807, 2.05) is 0 Å². The summed E-state index contributed by atoms with van der Waals surface area (Å²) in [7, 11) is -3.56. The Morgan fingerprint density at radius 2 is 0.528 bits per heavy atom. The Hall–Kier alpha value is -0.540. The van der Waals surface area contributed by atoms with Gasteiger partial charge in [-0.3, -0.25) is 19.2 Å². The summed E-state index contributed by atoms with van der Waals surface area (Å²) < 4.78 is 11.7.